The zero-order valence-corrected chi connectivity index (χ0v) is 9.12. The molecule has 2 aromatic rings. The van der Waals surface area contributed by atoms with Crippen molar-refractivity contribution in [2.45, 2.75) is 6.92 Å². The second kappa shape index (κ2) is 4.09. The van der Waals surface area contributed by atoms with Gasteiger partial charge in [0.25, 0.3) is 5.95 Å². The lowest BCUT2D eigenvalue weighted by molar-refractivity contribution is 0.815. The topological polar surface area (TPSA) is 82.0 Å². The minimum atomic E-state index is 0.457. The Hall–Kier alpha value is -2.24. The van der Waals surface area contributed by atoms with E-state index in [-0.39, 0.29) is 0 Å². The first kappa shape index (κ1) is 10.3. The molecular formula is C10H12N6. The van der Waals surface area contributed by atoms with Crippen LogP contribution in [0.5, 0.6) is 0 Å². The van der Waals surface area contributed by atoms with E-state index in [0.29, 0.717) is 11.8 Å². The van der Waals surface area contributed by atoms with E-state index in [1.165, 1.54) is 4.68 Å². The predicted molar refractivity (Wildman–Crippen MR) is 61.8 cm³/mol. The van der Waals surface area contributed by atoms with Crippen molar-refractivity contribution < 1.29 is 0 Å². The van der Waals surface area contributed by atoms with Crippen LogP contribution in [0.2, 0.25) is 0 Å². The summed E-state index contributed by atoms with van der Waals surface area (Å²) in [5.41, 5.74) is 7.53. The van der Waals surface area contributed by atoms with E-state index >= 15 is 0 Å². The Balaban J connectivity index is 2.55. The Bertz CT molecular complexity index is 514. The molecule has 0 saturated carbocycles. The summed E-state index contributed by atoms with van der Waals surface area (Å²) in [6, 6.07) is 1.74. The minimum Gasteiger partial charge on any atom is -0.383 e. The fourth-order valence-corrected chi connectivity index (χ4v) is 1.32. The quantitative estimate of drug-likeness (QED) is 0.745. The fourth-order valence-electron chi connectivity index (χ4n) is 1.32. The summed E-state index contributed by atoms with van der Waals surface area (Å²) in [5.74, 6) is 0.986. The smallest absolute Gasteiger partial charge is 0.252 e. The summed E-state index contributed by atoms with van der Waals surface area (Å²) in [5, 5.41) is 4.29. The van der Waals surface area contributed by atoms with Crippen LogP contribution in [0.3, 0.4) is 0 Å². The van der Waals surface area contributed by atoms with E-state index in [9.17, 15) is 0 Å². The number of nitrogens with two attached hydrogens (primary N) is 1. The first-order valence-electron chi connectivity index (χ1n) is 4.78. The molecular weight excluding hydrogens is 204 g/mol. The molecule has 0 bridgehead atoms. The van der Waals surface area contributed by atoms with Gasteiger partial charge in [0.15, 0.2) is 0 Å². The summed E-state index contributed by atoms with van der Waals surface area (Å²) in [7, 11) is 1.69. The Morgan fingerprint density at radius 3 is 2.69 bits per heavy atom. The molecule has 0 aliphatic rings. The average molecular weight is 216 g/mol. The standard InChI is InChI=1S/C10H12N6/c1-7-8(6-12-2)15-16(9(7)11)10-13-4-3-5-14-10/h3-6H,11H2,1-2H3/b12-6+. The number of aliphatic imine (C=N–C) groups is 1. The van der Waals surface area contributed by atoms with E-state index in [1.54, 1.807) is 31.7 Å². The number of anilines is 1. The van der Waals surface area contributed by atoms with Gasteiger partial charge in [-0.3, -0.25) is 4.99 Å². The van der Waals surface area contributed by atoms with Crippen molar-refractivity contribution in [3.63, 3.8) is 0 Å². The van der Waals surface area contributed by atoms with Crippen molar-refractivity contribution >= 4 is 12.0 Å². The van der Waals surface area contributed by atoms with Crippen LogP contribution < -0.4 is 5.73 Å². The predicted octanol–water partition coefficient (Wildman–Crippen LogP) is 0.602. The van der Waals surface area contributed by atoms with Gasteiger partial charge in [0.1, 0.15) is 11.5 Å². The van der Waals surface area contributed by atoms with Crippen LogP contribution in [0.4, 0.5) is 5.82 Å². The summed E-state index contributed by atoms with van der Waals surface area (Å²) < 4.78 is 1.51. The van der Waals surface area contributed by atoms with Crippen molar-refractivity contribution in [1.82, 2.24) is 19.7 Å². The zero-order chi connectivity index (χ0) is 11.5. The Morgan fingerprint density at radius 2 is 2.06 bits per heavy atom. The number of aromatic nitrogens is 4. The monoisotopic (exact) mass is 216 g/mol. The molecule has 0 aliphatic heterocycles. The molecule has 0 spiro atoms. The molecule has 0 saturated heterocycles. The molecule has 2 rings (SSSR count). The van der Waals surface area contributed by atoms with Crippen LogP contribution in [-0.4, -0.2) is 33.0 Å². The number of nitrogens with zero attached hydrogens (tertiary/aromatic N) is 5. The van der Waals surface area contributed by atoms with Gasteiger partial charge in [-0.2, -0.15) is 9.78 Å². The summed E-state index contributed by atoms with van der Waals surface area (Å²) >= 11 is 0. The molecule has 0 atom stereocenters. The highest BCUT2D eigenvalue weighted by atomic mass is 15.4. The Morgan fingerprint density at radius 1 is 1.38 bits per heavy atom. The van der Waals surface area contributed by atoms with Crippen molar-refractivity contribution in [2.24, 2.45) is 4.99 Å². The van der Waals surface area contributed by atoms with E-state index in [4.69, 9.17) is 5.73 Å². The first-order chi connectivity index (χ1) is 7.74. The van der Waals surface area contributed by atoms with Gasteiger partial charge >= 0.3 is 0 Å². The van der Waals surface area contributed by atoms with Crippen molar-refractivity contribution in [1.29, 1.82) is 0 Å². The summed E-state index contributed by atoms with van der Waals surface area (Å²) in [4.78, 5) is 12.1. The number of hydrogen-bond acceptors (Lipinski definition) is 5. The Labute approximate surface area is 92.9 Å². The minimum absolute atomic E-state index is 0.457. The SMILES string of the molecule is C/N=C/c1nn(-c2ncccn2)c(N)c1C. The number of hydrogen-bond donors (Lipinski definition) is 1. The summed E-state index contributed by atoms with van der Waals surface area (Å²) in [6.07, 6.45) is 4.95. The lowest BCUT2D eigenvalue weighted by Crippen LogP contribution is -2.06. The molecule has 16 heavy (non-hydrogen) atoms. The third-order valence-electron chi connectivity index (χ3n) is 2.20. The molecule has 6 nitrogen and oxygen atoms in total. The van der Waals surface area contributed by atoms with Crippen molar-refractivity contribution in [3.8, 4) is 5.95 Å². The lowest BCUT2D eigenvalue weighted by atomic mass is 10.3. The average Bonchev–Trinajstić information content (AvgIpc) is 2.59. The van der Waals surface area contributed by atoms with Crippen LogP contribution in [0.1, 0.15) is 11.3 Å². The maximum atomic E-state index is 5.92. The van der Waals surface area contributed by atoms with Gasteiger partial charge in [-0.15, -0.1) is 0 Å². The molecule has 82 valence electrons. The molecule has 0 amide bonds. The van der Waals surface area contributed by atoms with Crippen LogP contribution in [-0.2, 0) is 0 Å². The molecule has 0 fully saturated rings. The third-order valence-corrected chi connectivity index (χ3v) is 2.20. The largest absolute Gasteiger partial charge is 0.383 e. The van der Waals surface area contributed by atoms with Gasteiger partial charge in [0.05, 0.1) is 0 Å². The zero-order valence-electron chi connectivity index (χ0n) is 9.12. The van der Waals surface area contributed by atoms with Gasteiger partial charge in [-0.1, -0.05) is 0 Å². The normalized spacial score (nSPS) is 11.1. The van der Waals surface area contributed by atoms with Crippen LogP contribution in [0.25, 0.3) is 5.95 Å². The lowest BCUT2D eigenvalue weighted by Gasteiger charge is -2.00. The molecule has 0 aromatic carbocycles. The van der Waals surface area contributed by atoms with Crippen LogP contribution >= 0.6 is 0 Å². The van der Waals surface area contributed by atoms with Gasteiger partial charge in [-0.25, -0.2) is 9.97 Å². The summed E-state index contributed by atoms with van der Waals surface area (Å²) in [6.45, 7) is 1.89. The van der Waals surface area contributed by atoms with Gasteiger partial charge in [0, 0.05) is 31.2 Å². The third kappa shape index (κ3) is 1.65. The number of nitrogen functional groups attached to an aromatic ring is 1. The highest BCUT2D eigenvalue weighted by Gasteiger charge is 2.12. The highest BCUT2D eigenvalue weighted by molar-refractivity contribution is 5.81. The van der Waals surface area contributed by atoms with Gasteiger partial charge in [0.2, 0.25) is 0 Å². The van der Waals surface area contributed by atoms with E-state index in [0.717, 1.165) is 11.3 Å². The van der Waals surface area contributed by atoms with E-state index < -0.39 is 0 Å². The highest BCUT2D eigenvalue weighted by Crippen LogP contribution is 2.16. The maximum absolute atomic E-state index is 5.92. The fraction of sp³-hybridized carbons (Fsp3) is 0.200. The van der Waals surface area contributed by atoms with Crippen LogP contribution in [0.15, 0.2) is 23.5 Å². The molecule has 0 unspecified atom stereocenters. The van der Waals surface area contributed by atoms with Gasteiger partial charge in [-0.05, 0) is 13.0 Å². The molecule has 2 N–H and O–H groups in total. The molecule has 2 aromatic heterocycles. The molecule has 2 heterocycles. The van der Waals surface area contributed by atoms with Crippen molar-refractivity contribution in [2.75, 3.05) is 12.8 Å². The molecule has 6 heteroatoms. The second-order valence-corrected chi connectivity index (χ2v) is 3.24. The van der Waals surface area contributed by atoms with E-state index in [1.807, 2.05) is 6.92 Å². The number of rotatable bonds is 2. The van der Waals surface area contributed by atoms with Crippen molar-refractivity contribution in [3.05, 3.63) is 29.7 Å². The first-order valence-corrected chi connectivity index (χ1v) is 4.78. The van der Waals surface area contributed by atoms with Crippen LogP contribution in [0, 0.1) is 6.92 Å². The molecule has 0 aliphatic carbocycles. The van der Waals surface area contributed by atoms with E-state index in [2.05, 4.69) is 20.1 Å². The Kier molecular flexibility index (Phi) is 2.63. The molecule has 0 radical (unpaired) electrons. The van der Waals surface area contributed by atoms with Gasteiger partial charge < -0.3 is 5.73 Å². The second-order valence-electron chi connectivity index (χ2n) is 3.24. The maximum Gasteiger partial charge on any atom is 0.252 e.